The normalized spacial score (nSPS) is 11.6. The van der Waals surface area contributed by atoms with Crippen molar-refractivity contribution in [2.75, 3.05) is 5.32 Å². The van der Waals surface area contributed by atoms with E-state index in [-0.39, 0.29) is 17.4 Å². The maximum Gasteiger partial charge on any atom is 0.251 e. The molecule has 5 nitrogen and oxygen atoms in total. The summed E-state index contributed by atoms with van der Waals surface area (Å²) in [4.78, 5) is 25.1. The molecule has 0 bridgehead atoms. The van der Waals surface area contributed by atoms with Crippen molar-refractivity contribution in [2.24, 2.45) is 5.92 Å². The van der Waals surface area contributed by atoms with E-state index in [4.69, 9.17) is 4.74 Å². The number of hydrogen-bond acceptors (Lipinski definition) is 3. The second-order valence-corrected chi connectivity index (χ2v) is 7.13. The third-order valence-corrected chi connectivity index (χ3v) is 4.44. The van der Waals surface area contributed by atoms with E-state index >= 15 is 0 Å². The molecular weight excluding hydrogens is 383 g/mol. The number of para-hydroxylation sites is 1. The molecular formula is C24H23FN2O3. The zero-order valence-corrected chi connectivity index (χ0v) is 16.8. The lowest BCUT2D eigenvalue weighted by atomic mass is 10.0. The second-order valence-electron chi connectivity index (χ2n) is 7.13. The first kappa shape index (κ1) is 21.0. The highest BCUT2D eigenvalue weighted by Gasteiger charge is 2.24. The van der Waals surface area contributed by atoms with Crippen molar-refractivity contribution in [1.29, 1.82) is 0 Å². The summed E-state index contributed by atoms with van der Waals surface area (Å²) in [5.41, 5.74) is 0.874. The number of carbonyl (C=O) groups is 2. The highest BCUT2D eigenvalue weighted by molar-refractivity contribution is 6.01. The molecule has 0 spiro atoms. The van der Waals surface area contributed by atoms with E-state index in [1.54, 1.807) is 24.3 Å². The maximum absolute atomic E-state index is 13.1. The van der Waals surface area contributed by atoms with Crippen LogP contribution in [0.5, 0.6) is 11.5 Å². The van der Waals surface area contributed by atoms with Gasteiger partial charge in [0, 0.05) is 11.3 Å². The molecule has 0 aliphatic heterocycles. The van der Waals surface area contributed by atoms with Crippen LogP contribution in [-0.2, 0) is 4.79 Å². The van der Waals surface area contributed by atoms with Crippen LogP contribution in [0.1, 0.15) is 24.2 Å². The fourth-order valence-electron chi connectivity index (χ4n) is 2.81. The molecule has 154 valence electrons. The minimum Gasteiger partial charge on any atom is -0.457 e. The number of benzene rings is 3. The fraction of sp³-hybridized carbons (Fsp3) is 0.167. The average Bonchev–Trinajstić information content (AvgIpc) is 2.74. The summed E-state index contributed by atoms with van der Waals surface area (Å²) in [6.07, 6.45) is 0. The molecule has 3 rings (SSSR count). The number of rotatable bonds is 7. The molecule has 3 aromatic carbocycles. The van der Waals surface area contributed by atoms with Gasteiger partial charge in [-0.25, -0.2) is 4.39 Å². The monoisotopic (exact) mass is 406 g/mol. The van der Waals surface area contributed by atoms with Crippen LogP contribution >= 0.6 is 0 Å². The lowest BCUT2D eigenvalue weighted by Crippen LogP contribution is -2.47. The minimum absolute atomic E-state index is 0.143. The largest absolute Gasteiger partial charge is 0.457 e. The summed E-state index contributed by atoms with van der Waals surface area (Å²) in [7, 11) is 0. The quantitative estimate of drug-likeness (QED) is 0.580. The second kappa shape index (κ2) is 9.69. The van der Waals surface area contributed by atoms with E-state index in [1.807, 2.05) is 44.2 Å². The zero-order chi connectivity index (χ0) is 21.5. The third-order valence-electron chi connectivity index (χ3n) is 4.44. The summed E-state index contributed by atoms with van der Waals surface area (Å²) in [6, 6.07) is 20.8. The van der Waals surface area contributed by atoms with Crippen molar-refractivity contribution in [3.05, 3.63) is 90.2 Å². The van der Waals surface area contributed by atoms with Gasteiger partial charge in [0.15, 0.2) is 0 Å². The predicted molar refractivity (Wildman–Crippen MR) is 114 cm³/mol. The van der Waals surface area contributed by atoms with Gasteiger partial charge in [-0.15, -0.1) is 0 Å². The van der Waals surface area contributed by atoms with Crippen LogP contribution in [0.25, 0.3) is 0 Å². The van der Waals surface area contributed by atoms with E-state index in [2.05, 4.69) is 10.6 Å². The number of carbonyl (C=O) groups excluding carboxylic acids is 2. The lowest BCUT2D eigenvalue weighted by Gasteiger charge is -2.22. The predicted octanol–water partition coefficient (Wildman–Crippen LogP) is 5.01. The Bertz CT molecular complexity index is 987. The first-order valence-electron chi connectivity index (χ1n) is 9.62. The molecule has 2 N–H and O–H groups in total. The van der Waals surface area contributed by atoms with Crippen molar-refractivity contribution >= 4 is 17.5 Å². The van der Waals surface area contributed by atoms with Gasteiger partial charge in [0.1, 0.15) is 23.4 Å². The van der Waals surface area contributed by atoms with Crippen LogP contribution in [0.2, 0.25) is 0 Å². The maximum atomic E-state index is 13.1. The Morgan fingerprint density at radius 3 is 2.03 bits per heavy atom. The van der Waals surface area contributed by atoms with Crippen LogP contribution in [-0.4, -0.2) is 17.9 Å². The molecule has 6 heteroatoms. The third kappa shape index (κ3) is 5.67. The number of ether oxygens (including phenoxy) is 1. The highest BCUT2D eigenvalue weighted by atomic mass is 19.1. The van der Waals surface area contributed by atoms with Crippen molar-refractivity contribution in [3.63, 3.8) is 0 Å². The van der Waals surface area contributed by atoms with Crippen LogP contribution in [0.15, 0.2) is 78.9 Å². The molecule has 0 fully saturated rings. The molecule has 30 heavy (non-hydrogen) atoms. The van der Waals surface area contributed by atoms with Gasteiger partial charge in [0.05, 0.1) is 0 Å². The molecule has 0 saturated heterocycles. The Morgan fingerprint density at radius 2 is 1.43 bits per heavy atom. The highest BCUT2D eigenvalue weighted by Crippen LogP contribution is 2.23. The Hall–Kier alpha value is -3.67. The molecule has 0 heterocycles. The zero-order valence-electron chi connectivity index (χ0n) is 16.8. The molecule has 1 atom stereocenters. The molecule has 0 radical (unpaired) electrons. The SMILES string of the molecule is CC(C)[C@H](NC(=O)c1ccc(F)cc1)C(=O)Nc1ccc(Oc2ccccc2)cc1. The van der Waals surface area contributed by atoms with Gasteiger partial charge in [-0.1, -0.05) is 32.0 Å². The van der Waals surface area contributed by atoms with E-state index in [0.29, 0.717) is 11.4 Å². The molecule has 3 aromatic rings. The first-order chi connectivity index (χ1) is 14.4. The van der Waals surface area contributed by atoms with Gasteiger partial charge in [-0.2, -0.15) is 0 Å². The van der Waals surface area contributed by atoms with E-state index in [1.165, 1.54) is 24.3 Å². The summed E-state index contributed by atoms with van der Waals surface area (Å²) in [5.74, 6) is 0.0222. The number of nitrogens with one attached hydrogen (secondary N) is 2. The number of anilines is 1. The Kier molecular flexibility index (Phi) is 6.80. The standard InChI is InChI=1S/C24H23FN2O3/c1-16(2)22(27-23(28)17-8-10-18(25)11-9-17)24(29)26-19-12-14-21(15-13-19)30-20-6-4-3-5-7-20/h3-16,22H,1-2H3,(H,26,29)(H,27,28)/t22-/m0/s1. The summed E-state index contributed by atoms with van der Waals surface area (Å²) < 4.78 is 18.8. The number of amides is 2. The van der Waals surface area contributed by atoms with Crippen molar-refractivity contribution in [1.82, 2.24) is 5.32 Å². The van der Waals surface area contributed by atoms with Crippen LogP contribution in [0.3, 0.4) is 0 Å². The van der Waals surface area contributed by atoms with Crippen molar-refractivity contribution < 1.29 is 18.7 Å². The summed E-state index contributed by atoms with van der Waals surface area (Å²) in [6.45, 7) is 3.68. The average molecular weight is 406 g/mol. The number of halogens is 1. The van der Waals surface area contributed by atoms with Gasteiger partial charge in [-0.3, -0.25) is 9.59 Å². The fourth-order valence-corrected chi connectivity index (χ4v) is 2.81. The topological polar surface area (TPSA) is 67.4 Å². The molecule has 0 aliphatic rings. The Balaban J connectivity index is 1.63. The van der Waals surface area contributed by atoms with E-state index < -0.39 is 17.8 Å². The summed E-state index contributed by atoms with van der Waals surface area (Å²) in [5, 5.41) is 5.53. The molecule has 0 unspecified atom stereocenters. The van der Waals surface area contributed by atoms with Gasteiger partial charge in [-0.05, 0) is 66.6 Å². The van der Waals surface area contributed by atoms with Crippen LogP contribution in [0, 0.1) is 11.7 Å². The Labute approximate surface area is 174 Å². The number of hydrogen-bond donors (Lipinski definition) is 2. The van der Waals surface area contributed by atoms with E-state index in [0.717, 1.165) is 5.75 Å². The van der Waals surface area contributed by atoms with Gasteiger partial charge >= 0.3 is 0 Å². The smallest absolute Gasteiger partial charge is 0.251 e. The summed E-state index contributed by atoms with van der Waals surface area (Å²) >= 11 is 0. The van der Waals surface area contributed by atoms with E-state index in [9.17, 15) is 14.0 Å². The van der Waals surface area contributed by atoms with Crippen molar-refractivity contribution in [2.45, 2.75) is 19.9 Å². The van der Waals surface area contributed by atoms with Gasteiger partial charge < -0.3 is 15.4 Å². The molecule has 0 aromatic heterocycles. The van der Waals surface area contributed by atoms with Gasteiger partial charge in [0.25, 0.3) is 5.91 Å². The van der Waals surface area contributed by atoms with Crippen molar-refractivity contribution in [3.8, 4) is 11.5 Å². The Morgan fingerprint density at radius 1 is 0.833 bits per heavy atom. The van der Waals surface area contributed by atoms with Gasteiger partial charge in [0.2, 0.25) is 5.91 Å². The first-order valence-corrected chi connectivity index (χ1v) is 9.62. The van der Waals surface area contributed by atoms with Crippen LogP contribution in [0.4, 0.5) is 10.1 Å². The van der Waals surface area contributed by atoms with Crippen LogP contribution < -0.4 is 15.4 Å². The molecule has 2 amide bonds. The lowest BCUT2D eigenvalue weighted by molar-refractivity contribution is -0.118. The molecule has 0 aliphatic carbocycles. The molecule has 0 saturated carbocycles. The minimum atomic E-state index is -0.747.